The van der Waals surface area contributed by atoms with Gasteiger partial charge in [-0.3, -0.25) is 58.6 Å². The number of nitrogen functional groups attached to an aromatic ring is 1. The molecular weight excluding hydrogens is 1690 g/mol. The summed E-state index contributed by atoms with van der Waals surface area (Å²) in [6.07, 6.45) is 0.125. The number of aryl methyl sites for hydroxylation is 2. The van der Waals surface area contributed by atoms with Crippen LogP contribution in [-0.2, 0) is 59.6 Å². The van der Waals surface area contributed by atoms with E-state index in [0.717, 1.165) is 78.8 Å². The molecule has 16 aromatic rings. The molecule has 0 fully saturated rings. The molecule has 0 aliphatic carbocycles. The lowest BCUT2D eigenvalue weighted by Gasteiger charge is -2.14. The van der Waals surface area contributed by atoms with Crippen molar-refractivity contribution in [2.24, 2.45) is 16.5 Å². The zero-order valence-corrected chi connectivity index (χ0v) is 72.7. The SMILES string of the molecule is COC(=O)Cn1c(-c2ccccc2)ccc1-c1cccc(N)c1.COC(=O)Cn1c(-c2ccccc2)ccc1-c1cccc(NC(=O)c2cc(C)on2)c1.COC(=O)Cn1c(-c2ccccc2)ccc1-c1cccc([N+](=O)[O-])c1.Cc1cc(C(=O)Nc2cccc(-c3ccc(-c4ccccc4)n3CC(=O)N=C(N)N)c2)no1.O=C(CCC(=O)c1cccc([N+](=O)[O-])c1)c1ccccc1. The number of hydrogen-bond donors (Lipinski definition) is 5. The first-order valence-corrected chi connectivity index (χ1v) is 41.3. The first kappa shape index (κ1) is 94.1. The minimum absolute atomic E-state index is 0.00424. The maximum absolute atomic E-state index is 12.5. The van der Waals surface area contributed by atoms with Gasteiger partial charge >= 0.3 is 17.9 Å². The Labute approximate surface area is 762 Å². The van der Waals surface area contributed by atoms with Gasteiger partial charge in [-0.2, -0.15) is 4.99 Å². The van der Waals surface area contributed by atoms with E-state index in [0.29, 0.717) is 45.4 Å². The van der Waals surface area contributed by atoms with Crippen LogP contribution in [0.4, 0.5) is 28.4 Å². The lowest BCUT2D eigenvalue weighted by Crippen LogP contribution is -2.25. The number of ketones is 2. The van der Waals surface area contributed by atoms with Crippen LogP contribution < -0.4 is 27.8 Å². The van der Waals surface area contributed by atoms with Crippen molar-refractivity contribution < 1.29 is 71.5 Å². The number of hydrogen-bond acceptors (Lipinski definition) is 20. The summed E-state index contributed by atoms with van der Waals surface area (Å²) in [5.74, 6) is -1.81. The monoisotopic (exact) mass is 1780 g/mol. The van der Waals surface area contributed by atoms with E-state index in [-0.39, 0.29) is 115 Å². The van der Waals surface area contributed by atoms with Crippen LogP contribution in [0.2, 0.25) is 0 Å². The van der Waals surface area contributed by atoms with Crippen LogP contribution in [0.15, 0.2) is 348 Å². The largest absolute Gasteiger partial charge is 0.468 e. The lowest BCUT2D eigenvalue weighted by molar-refractivity contribution is -0.385. The molecule has 0 saturated heterocycles. The molecule has 0 saturated carbocycles. The number of aromatic nitrogens is 6. The van der Waals surface area contributed by atoms with Gasteiger partial charge in [-0.25, -0.2) is 0 Å². The first-order valence-electron chi connectivity index (χ1n) is 41.3. The van der Waals surface area contributed by atoms with Crippen LogP contribution in [0.1, 0.15) is 66.1 Å². The first-order chi connectivity index (χ1) is 64.3. The second-order valence-corrected chi connectivity index (χ2v) is 29.6. The Morgan fingerprint density at radius 1 is 0.353 bits per heavy atom. The molecular formula is C102H90N14O17. The van der Waals surface area contributed by atoms with Crippen molar-refractivity contribution in [1.82, 2.24) is 28.6 Å². The van der Waals surface area contributed by atoms with Gasteiger partial charge in [0.2, 0.25) is 0 Å². The van der Waals surface area contributed by atoms with Crippen molar-refractivity contribution >= 4 is 81.6 Å². The van der Waals surface area contributed by atoms with E-state index in [1.165, 1.54) is 57.7 Å². The van der Waals surface area contributed by atoms with Gasteiger partial charge in [0.25, 0.3) is 29.1 Å². The van der Waals surface area contributed by atoms with Crippen LogP contribution in [0, 0.1) is 34.1 Å². The fourth-order valence-corrected chi connectivity index (χ4v) is 14.2. The lowest BCUT2D eigenvalue weighted by atomic mass is 10.0. The van der Waals surface area contributed by atoms with Gasteiger partial charge in [0, 0.05) is 145 Å². The van der Waals surface area contributed by atoms with E-state index >= 15 is 0 Å². The highest BCUT2D eigenvalue weighted by Gasteiger charge is 2.24. The fraction of sp³-hybridized carbons (Fsp3) is 0.108. The molecule has 31 heteroatoms. The van der Waals surface area contributed by atoms with Gasteiger partial charge in [0.1, 0.15) is 37.7 Å². The number of amides is 3. The molecule has 0 aliphatic rings. The number of nitrogens with one attached hydrogen (secondary N) is 2. The topological polar surface area (TPSA) is 437 Å². The molecule has 6 heterocycles. The number of nitrogens with zero attached hydrogens (tertiary/aromatic N) is 9. The Morgan fingerprint density at radius 2 is 0.647 bits per heavy atom. The number of methoxy groups -OCH3 is 3. The Balaban J connectivity index is 0.000000151. The number of non-ortho nitro benzene ring substituents is 2. The molecule has 0 spiro atoms. The van der Waals surface area contributed by atoms with Crippen LogP contribution >= 0.6 is 0 Å². The molecule has 133 heavy (non-hydrogen) atoms. The molecule has 0 bridgehead atoms. The number of guanidine groups is 1. The van der Waals surface area contributed by atoms with E-state index < -0.39 is 15.8 Å². The number of esters is 3. The maximum Gasteiger partial charge on any atom is 0.325 e. The van der Waals surface area contributed by atoms with Crippen LogP contribution in [0.3, 0.4) is 0 Å². The Bertz CT molecular complexity index is 6850. The quantitative estimate of drug-likeness (QED) is 0.00466. The van der Waals surface area contributed by atoms with Crippen molar-refractivity contribution in [2.75, 3.05) is 37.7 Å². The fourth-order valence-electron chi connectivity index (χ4n) is 14.2. The zero-order chi connectivity index (χ0) is 94.5. The molecule has 6 aromatic heterocycles. The average molecular weight is 1780 g/mol. The van der Waals surface area contributed by atoms with Crippen LogP contribution in [0.5, 0.6) is 0 Å². The number of nitro benzene ring substituents is 2. The summed E-state index contributed by atoms with van der Waals surface area (Å²) in [4.78, 5) is 121. The van der Waals surface area contributed by atoms with Crippen molar-refractivity contribution in [3.8, 4) is 90.1 Å². The number of benzene rings is 10. The predicted molar refractivity (Wildman–Crippen MR) is 505 cm³/mol. The van der Waals surface area contributed by atoms with E-state index in [9.17, 15) is 58.6 Å². The van der Waals surface area contributed by atoms with E-state index in [1.807, 2.05) is 250 Å². The summed E-state index contributed by atoms with van der Waals surface area (Å²) >= 11 is 0. The smallest absolute Gasteiger partial charge is 0.325 e. The van der Waals surface area contributed by atoms with E-state index in [4.69, 9.17) is 40.5 Å². The zero-order valence-electron chi connectivity index (χ0n) is 72.7. The highest BCUT2D eigenvalue weighted by atomic mass is 16.6. The number of carbonyl (C=O) groups is 8. The normalized spacial score (nSPS) is 10.5. The van der Waals surface area contributed by atoms with Crippen molar-refractivity contribution in [3.05, 3.63) is 388 Å². The molecule has 3 amide bonds. The summed E-state index contributed by atoms with van der Waals surface area (Å²) in [6, 6.07) is 101. The van der Waals surface area contributed by atoms with Crippen LogP contribution in [0.25, 0.3) is 90.1 Å². The number of carbonyl (C=O) groups excluding carboxylic acids is 8. The average Bonchev–Trinajstić information content (AvgIpc) is 1.67. The molecule has 0 aliphatic heterocycles. The molecule has 0 radical (unpaired) electrons. The highest BCUT2D eigenvalue weighted by molar-refractivity contribution is 6.05. The van der Waals surface area contributed by atoms with E-state index in [2.05, 4.69) is 25.9 Å². The number of ether oxygens (including phenoxy) is 3. The summed E-state index contributed by atoms with van der Waals surface area (Å²) < 4.78 is 32.0. The number of rotatable bonds is 27. The third-order valence-corrected chi connectivity index (χ3v) is 20.4. The van der Waals surface area contributed by atoms with Gasteiger partial charge in [-0.05, 0) is 121 Å². The van der Waals surface area contributed by atoms with Gasteiger partial charge in [-0.1, -0.05) is 223 Å². The van der Waals surface area contributed by atoms with Gasteiger partial charge in [-0.15, -0.1) is 0 Å². The molecule has 0 atom stereocenters. The van der Waals surface area contributed by atoms with Gasteiger partial charge < -0.3 is 69.4 Å². The van der Waals surface area contributed by atoms with Gasteiger partial charge in [0.05, 0.1) is 31.2 Å². The molecule has 670 valence electrons. The van der Waals surface area contributed by atoms with Crippen molar-refractivity contribution in [1.29, 1.82) is 0 Å². The maximum atomic E-state index is 12.5. The van der Waals surface area contributed by atoms with Crippen LogP contribution in [-0.4, -0.2) is 113 Å². The summed E-state index contributed by atoms with van der Waals surface area (Å²) in [7, 11) is 4.10. The van der Waals surface area contributed by atoms with Crippen molar-refractivity contribution in [2.45, 2.75) is 52.9 Å². The third-order valence-electron chi connectivity index (χ3n) is 20.4. The minimum atomic E-state index is -0.550. The molecule has 10 aromatic carbocycles. The Kier molecular flexibility index (Phi) is 32.1. The second kappa shape index (κ2) is 45.4. The number of nitro groups is 2. The number of aliphatic imine (C=N–C) groups is 1. The summed E-state index contributed by atoms with van der Waals surface area (Å²) in [6.45, 7) is 3.62. The number of Topliss-reactive ketones (excluding diaryl/α,β-unsaturated/α-hetero) is 2. The molecule has 16 rings (SSSR count). The summed E-state index contributed by atoms with van der Waals surface area (Å²) in [5.41, 5.74) is 33.6. The number of nitrogens with two attached hydrogens (primary N) is 3. The molecule has 31 nitrogen and oxygen atoms in total. The Morgan fingerprint density at radius 3 is 0.985 bits per heavy atom. The number of anilines is 3. The minimum Gasteiger partial charge on any atom is -0.468 e. The van der Waals surface area contributed by atoms with Gasteiger partial charge in [0.15, 0.2) is 28.9 Å². The second-order valence-electron chi connectivity index (χ2n) is 29.6. The predicted octanol–water partition coefficient (Wildman–Crippen LogP) is 18.6. The summed E-state index contributed by atoms with van der Waals surface area (Å²) in [5, 5.41) is 34.8. The van der Waals surface area contributed by atoms with Crippen molar-refractivity contribution in [3.63, 3.8) is 0 Å². The molecule has 8 N–H and O–H groups in total. The standard InChI is InChI=1S/C24H22N6O3.C24H21N3O4.C19H16N2O4.C19H18N2O2.C16H13NO4/c1-15-12-19(29-33-15)23(32)27-18-9-5-8-17(13-18)21-11-10-20(16-6-3-2-4-7-16)30(21)14-22(31)28-24(25)26;1-16-13-20(26-31-16)24(29)25-19-10-6-9-18(14-19)22-12-11-21(17-7-4-3-5-8-17)27(22)15-23(28)30-2;1-25-19(22)13-20-17(14-6-3-2-4-7-14)10-11-18(20)15-8-5-9-16(12-15)21(23)24;1-23-19(22)13-21-17(14-6-3-2-4-7-14)10-11-18(21)15-8-5-9-16(20)12-15;18-15(12-5-2-1-3-6-12)9-10-16(19)13-7-4-8-14(11-13)17(20)21/h2-13H,14H2,1H3,(H,27,32)(H4,25,26,28,31);3-14H,15H2,1-2H3,(H,25,29);2-12H,13H2,1H3;2-12H,13,20H2,1H3;1-8,11H,9-10H2. The highest BCUT2D eigenvalue weighted by Crippen LogP contribution is 2.36. The third kappa shape index (κ3) is 25.4. The molecule has 0 unspecified atom stereocenters. The Hall–Kier alpha value is -18.0. The van der Waals surface area contributed by atoms with E-state index in [1.54, 1.807) is 79.1 Å².